The molecular weight excluding hydrogens is 410 g/mol. The predicted octanol–water partition coefficient (Wildman–Crippen LogP) is 4.33. The first-order valence-corrected chi connectivity index (χ1v) is 10.3. The second kappa shape index (κ2) is 10.00. The van der Waals surface area contributed by atoms with Crippen LogP contribution >= 0.6 is 0 Å². The molecule has 0 saturated carbocycles. The number of hydrogen-bond acceptors (Lipinski definition) is 5. The van der Waals surface area contributed by atoms with Crippen LogP contribution in [0.2, 0.25) is 0 Å². The van der Waals surface area contributed by atoms with Crippen LogP contribution in [0.4, 0.5) is 15.3 Å². The van der Waals surface area contributed by atoms with Gasteiger partial charge < -0.3 is 20.1 Å². The molecule has 0 spiro atoms. The SMILES string of the molecule is CC(C)(C)OC(=O)NCc1ccccc1NC(=O)N1C/C=C\COc2ccccc2C1=O. The summed E-state index contributed by atoms with van der Waals surface area (Å²) in [5.41, 5.74) is 0.847. The lowest BCUT2D eigenvalue weighted by Crippen LogP contribution is -2.40. The van der Waals surface area contributed by atoms with Crippen molar-refractivity contribution in [3.05, 3.63) is 71.8 Å². The van der Waals surface area contributed by atoms with Gasteiger partial charge in [-0.3, -0.25) is 9.69 Å². The third kappa shape index (κ3) is 6.10. The van der Waals surface area contributed by atoms with Crippen LogP contribution in [-0.4, -0.2) is 41.7 Å². The Balaban J connectivity index is 1.75. The van der Waals surface area contributed by atoms with Crippen molar-refractivity contribution in [2.24, 2.45) is 0 Å². The maximum absolute atomic E-state index is 13.1. The van der Waals surface area contributed by atoms with E-state index >= 15 is 0 Å². The normalized spacial score (nSPS) is 14.7. The fraction of sp³-hybridized carbons (Fsp3) is 0.292. The molecule has 2 aromatic carbocycles. The molecule has 2 N–H and O–H groups in total. The van der Waals surface area contributed by atoms with E-state index < -0.39 is 23.6 Å². The van der Waals surface area contributed by atoms with Crippen LogP contribution in [0.25, 0.3) is 0 Å². The van der Waals surface area contributed by atoms with Gasteiger partial charge in [-0.2, -0.15) is 0 Å². The number of carbonyl (C=O) groups excluding carboxylic acids is 3. The maximum Gasteiger partial charge on any atom is 0.407 e. The standard InChI is InChI=1S/C24H27N3O5/c1-24(2,3)32-23(30)25-16-17-10-4-6-12-19(17)26-22(29)27-14-8-9-15-31-20-13-7-5-11-18(20)21(27)28/h4-13H,14-16H2,1-3H3,(H,25,30)(H,26,29)/b9-8-. The molecule has 0 unspecified atom stereocenters. The van der Waals surface area contributed by atoms with Gasteiger partial charge in [-0.15, -0.1) is 0 Å². The summed E-state index contributed by atoms with van der Waals surface area (Å²) in [6, 6.07) is 13.3. The van der Waals surface area contributed by atoms with E-state index in [1.165, 1.54) is 0 Å². The van der Waals surface area contributed by atoms with Crippen LogP contribution in [0, 0.1) is 0 Å². The predicted molar refractivity (Wildman–Crippen MR) is 121 cm³/mol. The number of benzene rings is 2. The summed E-state index contributed by atoms with van der Waals surface area (Å²) in [5.74, 6) is -0.0437. The molecule has 8 heteroatoms. The Morgan fingerprint density at radius 2 is 1.78 bits per heavy atom. The van der Waals surface area contributed by atoms with Crippen molar-refractivity contribution in [2.75, 3.05) is 18.5 Å². The molecule has 3 rings (SSSR count). The van der Waals surface area contributed by atoms with Gasteiger partial charge in [-0.25, -0.2) is 9.59 Å². The smallest absolute Gasteiger partial charge is 0.407 e. The highest BCUT2D eigenvalue weighted by Crippen LogP contribution is 2.22. The van der Waals surface area contributed by atoms with Crippen LogP contribution in [-0.2, 0) is 11.3 Å². The number of imide groups is 1. The minimum atomic E-state index is -0.615. The fourth-order valence-electron chi connectivity index (χ4n) is 3.02. The number of rotatable bonds is 3. The van der Waals surface area contributed by atoms with E-state index in [1.54, 1.807) is 81.5 Å². The molecule has 0 atom stereocenters. The number of nitrogens with zero attached hydrogens (tertiary/aromatic N) is 1. The minimum Gasteiger partial charge on any atom is -0.489 e. The van der Waals surface area contributed by atoms with E-state index in [4.69, 9.17) is 9.47 Å². The number of amides is 4. The van der Waals surface area contributed by atoms with Crippen LogP contribution < -0.4 is 15.4 Å². The maximum atomic E-state index is 13.1. The molecule has 4 amide bonds. The van der Waals surface area contributed by atoms with Crippen LogP contribution in [0.3, 0.4) is 0 Å². The number of urea groups is 1. The molecule has 2 aromatic rings. The summed E-state index contributed by atoms with van der Waals surface area (Å²) >= 11 is 0. The van der Waals surface area contributed by atoms with Gasteiger partial charge in [-0.05, 0) is 50.6 Å². The molecule has 1 heterocycles. The number of fused-ring (bicyclic) bond motifs is 1. The number of alkyl carbamates (subject to hydrolysis) is 1. The summed E-state index contributed by atoms with van der Waals surface area (Å²) < 4.78 is 10.9. The first-order chi connectivity index (χ1) is 15.2. The summed E-state index contributed by atoms with van der Waals surface area (Å²) in [6.45, 7) is 5.89. The van der Waals surface area contributed by atoms with E-state index in [2.05, 4.69) is 10.6 Å². The lowest BCUT2D eigenvalue weighted by Gasteiger charge is -2.22. The van der Waals surface area contributed by atoms with Gasteiger partial charge in [0.1, 0.15) is 18.0 Å². The molecule has 0 saturated heterocycles. The molecule has 0 fully saturated rings. The van der Waals surface area contributed by atoms with E-state index in [9.17, 15) is 14.4 Å². The third-order valence-corrected chi connectivity index (χ3v) is 4.48. The largest absolute Gasteiger partial charge is 0.489 e. The number of para-hydroxylation sites is 2. The van der Waals surface area contributed by atoms with Gasteiger partial charge in [0, 0.05) is 18.8 Å². The van der Waals surface area contributed by atoms with Gasteiger partial charge >= 0.3 is 12.1 Å². The quantitative estimate of drug-likeness (QED) is 0.697. The molecule has 0 radical (unpaired) electrons. The average molecular weight is 437 g/mol. The van der Waals surface area contributed by atoms with Crippen molar-refractivity contribution in [1.29, 1.82) is 0 Å². The number of hydrogen-bond donors (Lipinski definition) is 2. The highest BCUT2D eigenvalue weighted by atomic mass is 16.6. The minimum absolute atomic E-state index is 0.0979. The number of nitrogens with one attached hydrogen (secondary N) is 2. The summed E-state index contributed by atoms with van der Waals surface area (Å²) in [6.07, 6.45) is 2.91. The van der Waals surface area contributed by atoms with Gasteiger partial charge in [0.15, 0.2) is 0 Å². The summed E-state index contributed by atoms with van der Waals surface area (Å²) in [4.78, 5) is 39.2. The second-order valence-corrected chi connectivity index (χ2v) is 8.14. The summed E-state index contributed by atoms with van der Waals surface area (Å²) in [7, 11) is 0. The van der Waals surface area contributed by atoms with Crippen molar-refractivity contribution < 1.29 is 23.9 Å². The molecule has 0 aliphatic carbocycles. The van der Waals surface area contributed by atoms with Crippen molar-refractivity contribution >= 4 is 23.7 Å². The summed E-state index contributed by atoms with van der Waals surface area (Å²) in [5, 5.41) is 5.46. The number of ether oxygens (including phenoxy) is 2. The zero-order valence-electron chi connectivity index (χ0n) is 18.4. The molecule has 1 aliphatic heterocycles. The van der Waals surface area contributed by atoms with E-state index in [0.717, 1.165) is 4.90 Å². The van der Waals surface area contributed by atoms with E-state index in [-0.39, 0.29) is 13.1 Å². The monoisotopic (exact) mass is 437 g/mol. The first-order valence-electron chi connectivity index (χ1n) is 10.3. The van der Waals surface area contributed by atoms with Crippen LogP contribution in [0.15, 0.2) is 60.7 Å². The van der Waals surface area contributed by atoms with Gasteiger partial charge in [0.2, 0.25) is 0 Å². The lowest BCUT2D eigenvalue weighted by atomic mass is 10.1. The fourth-order valence-corrected chi connectivity index (χ4v) is 3.02. The Hall–Kier alpha value is -3.81. The lowest BCUT2D eigenvalue weighted by molar-refractivity contribution is 0.0523. The Labute approximate surface area is 187 Å². The highest BCUT2D eigenvalue weighted by Gasteiger charge is 2.26. The van der Waals surface area contributed by atoms with Crippen molar-refractivity contribution in [2.45, 2.75) is 32.9 Å². The van der Waals surface area contributed by atoms with Crippen molar-refractivity contribution in [3.63, 3.8) is 0 Å². The zero-order chi connectivity index (χ0) is 23.1. The van der Waals surface area contributed by atoms with Crippen LogP contribution in [0.5, 0.6) is 5.75 Å². The third-order valence-electron chi connectivity index (χ3n) is 4.48. The Bertz CT molecular complexity index is 1030. The van der Waals surface area contributed by atoms with Gasteiger partial charge in [-0.1, -0.05) is 36.4 Å². The molecular formula is C24H27N3O5. The molecule has 1 aliphatic rings. The zero-order valence-corrected chi connectivity index (χ0v) is 18.4. The number of anilines is 1. The van der Waals surface area contributed by atoms with Gasteiger partial charge in [0.05, 0.1) is 5.56 Å². The number of carbonyl (C=O) groups is 3. The average Bonchev–Trinajstić information content (AvgIpc) is 2.81. The molecule has 32 heavy (non-hydrogen) atoms. The van der Waals surface area contributed by atoms with E-state index in [0.29, 0.717) is 29.2 Å². The second-order valence-electron chi connectivity index (χ2n) is 8.14. The first kappa shape index (κ1) is 22.9. The van der Waals surface area contributed by atoms with E-state index in [1.807, 2.05) is 0 Å². The Morgan fingerprint density at radius 3 is 2.56 bits per heavy atom. The Kier molecular flexibility index (Phi) is 7.14. The van der Waals surface area contributed by atoms with Crippen molar-refractivity contribution in [3.8, 4) is 5.75 Å². The van der Waals surface area contributed by atoms with Crippen LogP contribution in [0.1, 0.15) is 36.7 Å². The van der Waals surface area contributed by atoms with Gasteiger partial charge in [0.25, 0.3) is 5.91 Å². The molecule has 0 bridgehead atoms. The topological polar surface area (TPSA) is 97.0 Å². The molecule has 0 aromatic heterocycles. The Morgan fingerprint density at radius 1 is 1.06 bits per heavy atom. The molecule has 8 nitrogen and oxygen atoms in total. The van der Waals surface area contributed by atoms with Crippen molar-refractivity contribution in [1.82, 2.24) is 10.2 Å². The highest BCUT2D eigenvalue weighted by molar-refractivity contribution is 6.09. The molecule has 168 valence electrons.